The van der Waals surface area contributed by atoms with Crippen molar-refractivity contribution in [1.29, 1.82) is 0 Å². The highest BCUT2D eigenvalue weighted by Crippen LogP contribution is 2.42. The summed E-state index contributed by atoms with van der Waals surface area (Å²) < 4.78 is 17.0. The normalized spacial score (nSPS) is 30.5. The molecule has 0 saturated carbocycles. The third-order valence-electron chi connectivity index (χ3n) is 4.62. The zero-order valence-electron chi connectivity index (χ0n) is 12.4. The lowest BCUT2D eigenvalue weighted by Crippen LogP contribution is -2.45. The molecule has 6 heteroatoms. The molecule has 3 heterocycles. The Morgan fingerprint density at radius 3 is 3.14 bits per heavy atom. The van der Waals surface area contributed by atoms with Crippen molar-refractivity contribution in [2.45, 2.75) is 30.9 Å². The molecule has 3 atom stereocenters. The molecule has 116 valence electrons. The van der Waals surface area contributed by atoms with Crippen LogP contribution >= 0.6 is 0 Å². The molecule has 6 nitrogen and oxygen atoms in total. The summed E-state index contributed by atoms with van der Waals surface area (Å²) in [4.78, 5) is 4.11. The van der Waals surface area contributed by atoms with Gasteiger partial charge in [-0.25, -0.2) is 0 Å². The molecule has 3 unspecified atom stereocenters. The molecule has 3 rings (SSSR count). The molecule has 21 heavy (non-hydrogen) atoms. The van der Waals surface area contributed by atoms with Gasteiger partial charge in [0.15, 0.2) is 0 Å². The van der Waals surface area contributed by atoms with Crippen molar-refractivity contribution < 1.29 is 14.2 Å². The minimum atomic E-state index is -0.127. The summed E-state index contributed by atoms with van der Waals surface area (Å²) in [7, 11) is 1.66. The zero-order valence-corrected chi connectivity index (χ0v) is 12.4. The second-order valence-electron chi connectivity index (χ2n) is 5.85. The molecular formula is C15H23N3O3. The fraction of sp³-hybridized carbons (Fsp3) is 0.667. The van der Waals surface area contributed by atoms with Crippen molar-refractivity contribution in [3.63, 3.8) is 0 Å². The lowest BCUT2D eigenvalue weighted by Gasteiger charge is -2.40. The topological polar surface area (TPSA) is 78.6 Å². The molecule has 1 spiro atoms. The molecular weight excluding hydrogens is 270 g/mol. The highest BCUT2D eigenvalue weighted by atomic mass is 16.6. The molecule has 2 aliphatic heterocycles. The van der Waals surface area contributed by atoms with E-state index in [1.54, 1.807) is 19.5 Å². The van der Waals surface area contributed by atoms with Crippen LogP contribution in [0.5, 0.6) is 5.75 Å². The van der Waals surface area contributed by atoms with Crippen molar-refractivity contribution in [1.82, 2.24) is 10.4 Å². The van der Waals surface area contributed by atoms with Gasteiger partial charge >= 0.3 is 0 Å². The number of nitrogens with two attached hydrogens (primary N) is 1. The second kappa shape index (κ2) is 6.27. The van der Waals surface area contributed by atoms with Crippen molar-refractivity contribution in [3.05, 3.63) is 24.0 Å². The van der Waals surface area contributed by atoms with E-state index < -0.39 is 0 Å². The summed E-state index contributed by atoms with van der Waals surface area (Å²) in [6.45, 7) is 2.22. The number of aromatic nitrogens is 1. The number of rotatable bonds is 4. The molecule has 0 aliphatic carbocycles. The van der Waals surface area contributed by atoms with Gasteiger partial charge in [-0.15, -0.1) is 0 Å². The van der Waals surface area contributed by atoms with E-state index in [0.717, 1.165) is 43.8 Å². The lowest BCUT2D eigenvalue weighted by atomic mass is 9.79. The average molecular weight is 293 g/mol. The maximum Gasteiger partial charge on any atom is 0.141 e. The van der Waals surface area contributed by atoms with Gasteiger partial charge in [-0.05, 0) is 24.8 Å². The van der Waals surface area contributed by atoms with Gasteiger partial charge in [0.2, 0.25) is 0 Å². The molecule has 0 amide bonds. The Bertz CT molecular complexity index is 477. The van der Waals surface area contributed by atoms with Crippen LogP contribution in [-0.4, -0.2) is 37.5 Å². The number of nitrogens with one attached hydrogen (secondary N) is 1. The van der Waals surface area contributed by atoms with E-state index >= 15 is 0 Å². The first kappa shape index (κ1) is 14.7. The van der Waals surface area contributed by atoms with Crippen LogP contribution in [0, 0.1) is 5.92 Å². The first-order chi connectivity index (χ1) is 10.3. The van der Waals surface area contributed by atoms with Crippen LogP contribution in [0.1, 0.15) is 30.9 Å². The number of methoxy groups -OCH3 is 1. The van der Waals surface area contributed by atoms with Crippen LogP contribution in [0.2, 0.25) is 0 Å². The highest BCUT2D eigenvalue weighted by molar-refractivity contribution is 5.33. The Kier molecular flexibility index (Phi) is 4.40. The largest absolute Gasteiger partial charge is 0.495 e. The molecule has 0 aromatic carbocycles. The Labute approximate surface area is 124 Å². The Morgan fingerprint density at radius 2 is 2.43 bits per heavy atom. The third kappa shape index (κ3) is 2.89. The fourth-order valence-electron chi connectivity index (χ4n) is 3.51. The summed E-state index contributed by atoms with van der Waals surface area (Å²) in [5, 5.41) is 0. The van der Waals surface area contributed by atoms with E-state index in [1.807, 2.05) is 6.07 Å². The average Bonchev–Trinajstić information content (AvgIpc) is 2.96. The van der Waals surface area contributed by atoms with Gasteiger partial charge < -0.3 is 14.2 Å². The quantitative estimate of drug-likeness (QED) is 0.641. The molecule has 0 bridgehead atoms. The minimum absolute atomic E-state index is 0.0318. The summed E-state index contributed by atoms with van der Waals surface area (Å²) in [6.07, 6.45) is 6.40. The van der Waals surface area contributed by atoms with E-state index in [9.17, 15) is 0 Å². The van der Waals surface area contributed by atoms with Crippen molar-refractivity contribution in [3.8, 4) is 5.75 Å². The summed E-state index contributed by atoms with van der Waals surface area (Å²) in [6, 6.07) is 2.00. The molecule has 2 fully saturated rings. The van der Waals surface area contributed by atoms with Crippen LogP contribution in [-0.2, 0) is 9.47 Å². The minimum Gasteiger partial charge on any atom is -0.495 e. The maximum atomic E-state index is 6.01. The Balaban J connectivity index is 1.82. The second-order valence-corrected chi connectivity index (χ2v) is 5.85. The van der Waals surface area contributed by atoms with E-state index in [-0.39, 0.29) is 11.6 Å². The summed E-state index contributed by atoms with van der Waals surface area (Å²) in [5.74, 6) is 7.01. The summed E-state index contributed by atoms with van der Waals surface area (Å²) >= 11 is 0. The van der Waals surface area contributed by atoms with Crippen molar-refractivity contribution in [2.75, 3.05) is 26.9 Å². The zero-order chi connectivity index (χ0) is 14.7. The van der Waals surface area contributed by atoms with Gasteiger partial charge in [-0.3, -0.25) is 16.3 Å². The van der Waals surface area contributed by atoms with Gasteiger partial charge in [-0.1, -0.05) is 0 Å². The number of nitrogens with zero attached hydrogens (tertiary/aromatic N) is 1. The fourth-order valence-corrected chi connectivity index (χ4v) is 3.51. The number of pyridine rings is 1. The van der Waals surface area contributed by atoms with Crippen molar-refractivity contribution in [2.24, 2.45) is 11.8 Å². The van der Waals surface area contributed by atoms with Crippen LogP contribution in [0.3, 0.4) is 0 Å². The molecule has 2 aliphatic rings. The van der Waals surface area contributed by atoms with Gasteiger partial charge in [0, 0.05) is 31.4 Å². The molecule has 0 radical (unpaired) electrons. The van der Waals surface area contributed by atoms with Crippen LogP contribution in [0.4, 0.5) is 0 Å². The molecule has 1 aromatic rings. The maximum absolute atomic E-state index is 6.01. The highest BCUT2D eigenvalue weighted by Gasteiger charge is 2.43. The Morgan fingerprint density at radius 1 is 1.52 bits per heavy atom. The summed E-state index contributed by atoms with van der Waals surface area (Å²) in [5.41, 5.74) is 3.89. The lowest BCUT2D eigenvalue weighted by molar-refractivity contribution is -0.103. The predicted molar refractivity (Wildman–Crippen MR) is 77.7 cm³/mol. The van der Waals surface area contributed by atoms with Crippen LogP contribution in [0.25, 0.3) is 0 Å². The van der Waals surface area contributed by atoms with E-state index in [0.29, 0.717) is 12.5 Å². The number of hydrazine groups is 1. The van der Waals surface area contributed by atoms with Crippen LogP contribution < -0.4 is 16.0 Å². The van der Waals surface area contributed by atoms with Gasteiger partial charge in [0.05, 0.1) is 31.6 Å². The van der Waals surface area contributed by atoms with Gasteiger partial charge in [0.25, 0.3) is 0 Å². The van der Waals surface area contributed by atoms with Gasteiger partial charge in [-0.2, -0.15) is 0 Å². The van der Waals surface area contributed by atoms with E-state index in [2.05, 4.69) is 10.4 Å². The first-order valence-electron chi connectivity index (χ1n) is 7.44. The monoisotopic (exact) mass is 293 g/mol. The molecule has 3 N–H and O–H groups in total. The van der Waals surface area contributed by atoms with Crippen molar-refractivity contribution >= 4 is 0 Å². The molecule has 1 aromatic heterocycles. The predicted octanol–water partition coefficient (Wildman–Crippen LogP) is 1.18. The van der Waals surface area contributed by atoms with Crippen LogP contribution in [0.15, 0.2) is 18.5 Å². The van der Waals surface area contributed by atoms with Gasteiger partial charge in [0.1, 0.15) is 5.75 Å². The third-order valence-corrected chi connectivity index (χ3v) is 4.62. The first-order valence-corrected chi connectivity index (χ1v) is 7.44. The number of hydrogen-bond acceptors (Lipinski definition) is 6. The smallest absolute Gasteiger partial charge is 0.141 e. The number of ether oxygens (including phenoxy) is 3. The number of hydrogen-bond donors (Lipinski definition) is 2. The standard InChI is InChI=1S/C15H23N3O3/c1-19-13-9-17-5-2-12(13)14(18-16)11-3-6-21-15(8-11)4-7-20-10-15/h2,5,9,11,14,18H,3-4,6-8,10,16H2,1H3. The van der Waals surface area contributed by atoms with E-state index in [1.165, 1.54) is 0 Å². The SMILES string of the molecule is COc1cnccc1C(NN)C1CCOC2(CCOC2)C1. The Hall–Kier alpha value is -1.21. The molecule has 2 saturated heterocycles. The van der Waals surface area contributed by atoms with E-state index in [4.69, 9.17) is 20.1 Å².